The molecule has 2 aromatic rings. The lowest BCUT2D eigenvalue weighted by Crippen LogP contribution is -2.42. The lowest BCUT2D eigenvalue weighted by atomic mass is 10.1. The number of amides is 2. The van der Waals surface area contributed by atoms with Crippen LogP contribution in [0.2, 0.25) is 0 Å². The third-order valence-corrected chi connectivity index (χ3v) is 4.78. The van der Waals surface area contributed by atoms with Gasteiger partial charge in [-0.15, -0.1) is 0 Å². The summed E-state index contributed by atoms with van der Waals surface area (Å²) in [7, 11) is 0. The first kappa shape index (κ1) is 20.5. The van der Waals surface area contributed by atoms with E-state index in [0.717, 1.165) is 5.56 Å². The van der Waals surface area contributed by atoms with Crippen molar-refractivity contribution in [1.82, 2.24) is 10.2 Å². The van der Waals surface area contributed by atoms with Gasteiger partial charge in [0.2, 0.25) is 5.91 Å². The molecule has 1 fully saturated rings. The van der Waals surface area contributed by atoms with Gasteiger partial charge in [-0.05, 0) is 24.1 Å². The number of rotatable bonds is 7. The topological polar surface area (TPSA) is 102 Å². The van der Waals surface area contributed by atoms with Crippen LogP contribution in [-0.4, -0.2) is 47.9 Å². The molecule has 8 nitrogen and oxygen atoms in total. The summed E-state index contributed by atoms with van der Waals surface area (Å²) in [5.74, 6) is -0.276. The predicted molar refractivity (Wildman–Crippen MR) is 106 cm³/mol. The summed E-state index contributed by atoms with van der Waals surface area (Å²) >= 11 is 0. The van der Waals surface area contributed by atoms with Crippen molar-refractivity contribution in [2.45, 2.75) is 18.9 Å². The largest absolute Gasteiger partial charge is 0.370 e. The zero-order valence-corrected chi connectivity index (χ0v) is 16.0. The molecule has 0 radical (unpaired) electrons. The van der Waals surface area contributed by atoms with Crippen LogP contribution in [0.4, 0.5) is 5.69 Å². The van der Waals surface area contributed by atoms with Gasteiger partial charge in [-0.1, -0.05) is 30.3 Å². The highest BCUT2D eigenvalue weighted by atomic mass is 16.6. The van der Waals surface area contributed by atoms with Gasteiger partial charge in [0.1, 0.15) is 6.10 Å². The number of ether oxygens (including phenoxy) is 1. The number of hydrogen-bond acceptors (Lipinski definition) is 5. The van der Waals surface area contributed by atoms with E-state index in [1.807, 2.05) is 30.3 Å². The van der Waals surface area contributed by atoms with Gasteiger partial charge in [-0.2, -0.15) is 0 Å². The average molecular weight is 397 g/mol. The molecule has 2 amide bonds. The molecule has 152 valence electrons. The molecule has 1 saturated heterocycles. The molecule has 1 aliphatic heterocycles. The maximum atomic E-state index is 12.5. The van der Waals surface area contributed by atoms with Crippen molar-refractivity contribution >= 4 is 17.5 Å². The van der Waals surface area contributed by atoms with Crippen LogP contribution in [0, 0.1) is 10.1 Å². The number of nitro benzene ring substituents is 1. The number of morpholine rings is 1. The van der Waals surface area contributed by atoms with E-state index in [0.29, 0.717) is 44.6 Å². The second kappa shape index (κ2) is 9.79. The molecular weight excluding hydrogens is 374 g/mol. The Balaban J connectivity index is 1.41. The molecule has 1 aliphatic rings. The summed E-state index contributed by atoms with van der Waals surface area (Å²) in [6, 6.07) is 15.2. The number of hydrogen-bond donors (Lipinski definition) is 1. The normalized spacial score (nSPS) is 16.3. The third-order valence-electron chi connectivity index (χ3n) is 4.78. The van der Waals surface area contributed by atoms with Gasteiger partial charge in [0.25, 0.3) is 11.6 Å². The van der Waals surface area contributed by atoms with Gasteiger partial charge >= 0.3 is 0 Å². The summed E-state index contributed by atoms with van der Waals surface area (Å²) in [4.78, 5) is 36.5. The summed E-state index contributed by atoms with van der Waals surface area (Å²) < 4.78 is 5.78. The Morgan fingerprint density at radius 1 is 1.14 bits per heavy atom. The smallest absolute Gasteiger partial charge is 0.269 e. The lowest BCUT2D eigenvalue weighted by Gasteiger charge is -2.33. The van der Waals surface area contributed by atoms with Crippen LogP contribution in [0.25, 0.3) is 0 Å². The molecule has 1 heterocycles. The number of benzene rings is 2. The monoisotopic (exact) mass is 397 g/mol. The Morgan fingerprint density at radius 2 is 1.86 bits per heavy atom. The van der Waals surface area contributed by atoms with Crippen LogP contribution in [0.5, 0.6) is 0 Å². The van der Waals surface area contributed by atoms with Gasteiger partial charge < -0.3 is 15.0 Å². The van der Waals surface area contributed by atoms with Gasteiger partial charge in [0.05, 0.1) is 18.1 Å². The first-order valence-electron chi connectivity index (χ1n) is 9.51. The van der Waals surface area contributed by atoms with Crippen LogP contribution in [0.1, 0.15) is 34.9 Å². The van der Waals surface area contributed by atoms with Crippen molar-refractivity contribution in [1.29, 1.82) is 0 Å². The fraction of sp³-hybridized carbons (Fsp3) is 0.333. The fourth-order valence-electron chi connectivity index (χ4n) is 3.18. The van der Waals surface area contributed by atoms with E-state index in [1.165, 1.54) is 24.3 Å². The molecule has 3 rings (SSSR count). The summed E-state index contributed by atoms with van der Waals surface area (Å²) in [5.41, 5.74) is 1.34. The molecule has 8 heteroatoms. The van der Waals surface area contributed by atoms with E-state index in [1.54, 1.807) is 4.90 Å². The molecule has 0 spiro atoms. The van der Waals surface area contributed by atoms with Crippen molar-refractivity contribution in [2.24, 2.45) is 0 Å². The molecule has 0 aromatic heterocycles. The van der Waals surface area contributed by atoms with Crippen LogP contribution < -0.4 is 5.32 Å². The highest BCUT2D eigenvalue weighted by molar-refractivity contribution is 5.94. The molecular formula is C21H23N3O5. The molecule has 0 saturated carbocycles. The summed E-state index contributed by atoms with van der Waals surface area (Å²) in [6.45, 7) is 1.95. The summed E-state index contributed by atoms with van der Waals surface area (Å²) in [6.07, 6.45) is 0.739. The first-order valence-corrected chi connectivity index (χ1v) is 9.51. The Bertz CT molecular complexity index is 854. The fourth-order valence-corrected chi connectivity index (χ4v) is 3.18. The third kappa shape index (κ3) is 5.61. The number of non-ortho nitro benzene ring substituents is 1. The standard InChI is InChI=1S/C21H23N3O5/c25-20(23-13-14-29-19(15-23)16-5-2-1-3-6-16)7-4-12-22-21(26)17-8-10-18(11-9-17)24(27)28/h1-3,5-6,8-11,19H,4,7,12-15H2,(H,22,26). The number of nitrogens with zero attached hydrogens (tertiary/aromatic N) is 2. The van der Waals surface area contributed by atoms with Crippen molar-refractivity contribution in [3.8, 4) is 0 Å². The first-order chi connectivity index (χ1) is 14.0. The van der Waals surface area contributed by atoms with Gasteiger partial charge in [-0.3, -0.25) is 19.7 Å². The minimum Gasteiger partial charge on any atom is -0.370 e. The Labute approximate surface area is 168 Å². The van der Waals surface area contributed by atoms with E-state index in [4.69, 9.17) is 4.74 Å². The van der Waals surface area contributed by atoms with E-state index in [9.17, 15) is 19.7 Å². The Kier molecular flexibility index (Phi) is 6.91. The maximum Gasteiger partial charge on any atom is 0.269 e. The average Bonchev–Trinajstić information content (AvgIpc) is 2.77. The minimum absolute atomic E-state index is 0.0406. The van der Waals surface area contributed by atoms with Crippen LogP contribution in [0.15, 0.2) is 54.6 Å². The Morgan fingerprint density at radius 3 is 2.55 bits per heavy atom. The van der Waals surface area contributed by atoms with Crippen molar-refractivity contribution in [2.75, 3.05) is 26.2 Å². The number of nitro groups is 1. The van der Waals surface area contributed by atoms with E-state index >= 15 is 0 Å². The second-order valence-electron chi connectivity index (χ2n) is 6.77. The lowest BCUT2D eigenvalue weighted by molar-refractivity contribution is -0.384. The van der Waals surface area contributed by atoms with Crippen LogP contribution in [-0.2, 0) is 9.53 Å². The van der Waals surface area contributed by atoms with Crippen LogP contribution >= 0.6 is 0 Å². The molecule has 29 heavy (non-hydrogen) atoms. The Hall–Kier alpha value is -3.26. The summed E-state index contributed by atoms with van der Waals surface area (Å²) in [5, 5.41) is 13.4. The number of carbonyl (C=O) groups is 2. The highest BCUT2D eigenvalue weighted by Gasteiger charge is 2.24. The van der Waals surface area contributed by atoms with Crippen molar-refractivity contribution in [3.63, 3.8) is 0 Å². The van der Waals surface area contributed by atoms with Crippen molar-refractivity contribution in [3.05, 3.63) is 75.8 Å². The van der Waals surface area contributed by atoms with E-state index < -0.39 is 4.92 Å². The molecule has 0 aliphatic carbocycles. The highest BCUT2D eigenvalue weighted by Crippen LogP contribution is 2.22. The van der Waals surface area contributed by atoms with Crippen molar-refractivity contribution < 1.29 is 19.2 Å². The molecule has 0 bridgehead atoms. The maximum absolute atomic E-state index is 12.5. The van der Waals surface area contributed by atoms with Gasteiger partial charge in [0.15, 0.2) is 0 Å². The molecule has 1 atom stereocenters. The van der Waals surface area contributed by atoms with E-state index in [2.05, 4.69) is 5.32 Å². The number of carbonyl (C=O) groups excluding carboxylic acids is 2. The quantitative estimate of drug-likeness (QED) is 0.440. The van der Waals surface area contributed by atoms with Crippen LogP contribution in [0.3, 0.4) is 0 Å². The van der Waals surface area contributed by atoms with Gasteiger partial charge in [0, 0.05) is 37.2 Å². The zero-order chi connectivity index (χ0) is 20.6. The molecule has 1 unspecified atom stereocenters. The minimum atomic E-state index is -0.513. The SMILES string of the molecule is O=C(NCCCC(=O)N1CCOC(c2ccccc2)C1)c1ccc([N+](=O)[O-])cc1. The van der Waals surface area contributed by atoms with Gasteiger partial charge in [-0.25, -0.2) is 0 Å². The number of nitrogens with one attached hydrogen (secondary N) is 1. The molecule has 1 N–H and O–H groups in total. The zero-order valence-electron chi connectivity index (χ0n) is 16.0. The van der Waals surface area contributed by atoms with E-state index in [-0.39, 0.29) is 23.6 Å². The molecule has 2 aromatic carbocycles. The predicted octanol–water partition coefficient (Wildman–Crippen LogP) is 2.70. The second-order valence-corrected chi connectivity index (χ2v) is 6.77.